The number of benzene rings is 1. The maximum absolute atomic E-state index is 12.2. The fourth-order valence-electron chi connectivity index (χ4n) is 1.84. The first-order chi connectivity index (χ1) is 11.4. The van der Waals surface area contributed by atoms with Gasteiger partial charge in [-0.05, 0) is 25.5 Å². The summed E-state index contributed by atoms with van der Waals surface area (Å²) in [4.78, 5) is 17.5. The van der Waals surface area contributed by atoms with Crippen LogP contribution in [0.5, 0.6) is 0 Å². The highest BCUT2D eigenvalue weighted by atomic mass is 32.2. The molecule has 0 fully saturated rings. The fourth-order valence-corrected chi connectivity index (χ4v) is 3.18. The Hall–Kier alpha value is -2.09. The number of amides is 1. The molecule has 0 aromatic heterocycles. The van der Waals surface area contributed by atoms with Gasteiger partial charge in [-0.2, -0.15) is 0 Å². The molecule has 134 valence electrons. The summed E-state index contributed by atoms with van der Waals surface area (Å²) in [6, 6.07) is 8.41. The van der Waals surface area contributed by atoms with Crippen LogP contribution in [0.3, 0.4) is 0 Å². The molecule has 2 N–H and O–H groups in total. The summed E-state index contributed by atoms with van der Waals surface area (Å²) in [5, 5.41) is 6.07. The van der Waals surface area contributed by atoms with E-state index in [0.717, 1.165) is 0 Å². The molecule has 0 aliphatic carbocycles. The van der Waals surface area contributed by atoms with Crippen LogP contribution in [0, 0.1) is 0 Å². The van der Waals surface area contributed by atoms with Crippen molar-refractivity contribution in [2.24, 2.45) is 4.99 Å². The quantitative estimate of drug-likeness (QED) is 0.403. The van der Waals surface area contributed by atoms with Crippen LogP contribution in [-0.4, -0.2) is 64.7 Å². The average Bonchev–Trinajstić information content (AvgIpc) is 2.56. The van der Waals surface area contributed by atoms with Crippen molar-refractivity contribution in [3.63, 3.8) is 0 Å². The first-order valence-corrected chi connectivity index (χ1v) is 9.52. The van der Waals surface area contributed by atoms with E-state index in [1.165, 1.54) is 4.90 Å². The van der Waals surface area contributed by atoms with E-state index in [2.05, 4.69) is 15.6 Å². The lowest BCUT2D eigenvalue weighted by molar-refractivity contribution is -0.127. The Balaban J connectivity index is 2.48. The number of rotatable bonds is 8. The van der Waals surface area contributed by atoms with Crippen molar-refractivity contribution in [3.8, 4) is 0 Å². The maximum Gasteiger partial charge on any atom is 0.243 e. The van der Waals surface area contributed by atoms with Crippen molar-refractivity contribution in [2.75, 3.05) is 39.5 Å². The van der Waals surface area contributed by atoms with Crippen molar-refractivity contribution >= 4 is 21.7 Å². The molecule has 1 aromatic rings. The first-order valence-electron chi connectivity index (χ1n) is 7.87. The Labute approximate surface area is 144 Å². The molecule has 0 aliphatic rings. The zero-order valence-corrected chi connectivity index (χ0v) is 15.3. The van der Waals surface area contributed by atoms with Crippen LogP contribution in [0.4, 0.5) is 0 Å². The summed E-state index contributed by atoms with van der Waals surface area (Å²) in [7, 11) is 0.0780. The Morgan fingerprint density at radius 2 is 1.83 bits per heavy atom. The van der Waals surface area contributed by atoms with Crippen LogP contribution in [0.25, 0.3) is 0 Å². The van der Waals surface area contributed by atoms with Crippen LogP contribution in [-0.2, 0) is 14.6 Å². The summed E-state index contributed by atoms with van der Waals surface area (Å²) in [6.45, 7) is 3.08. The van der Waals surface area contributed by atoms with Crippen molar-refractivity contribution in [3.05, 3.63) is 30.3 Å². The Morgan fingerprint density at radius 1 is 1.17 bits per heavy atom. The number of likely N-dealkylation sites (N-methyl/N-ethyl adjacent to an activating group) is 1. The molecule has 1 aromatic carbocycles. The minimum atomic E-state index is -3.27. The summed E-state index contributed by atoms with van der Waals surface area (Å²) in [6.07, 6.45) is 0.448. The number of hydrogen-bond acceptors (Lipinski definition) is 4. The third-order valence-electron chi connectivity index (χ3n) is 3.20. The smallest absolute Gasteiger partial charge is 0.243 e. The maximum atomic E-state index is 12.2. The molecule has 7 nitrogen and oxygen atoms in total. The fraction of sp³-hybridized carbons (Fsp3) is 0.500. The highest BCUT2D eigenvalue weighted by Crippen LogP contribution is 2.10. The van der Waals surface area contributed by atoms with Crippen LogP contribution >= 0.6 is 0 Å². The predicted molar refractivity (Wildman–Crippen MR) is 95.8 cm³/mol. The van der Waals surface area contributed by atoms with E-state index in [-0.39, 0.29) is 18.2 Å². The standard InChI is InChI=1S/C16H26N4O3S/c1-4-17-16(19-13-15(21)20(2)3)18-11-8-12-24(22,23)14-9-6-5-7-10-14/h5-7,9-10H,4,8,11-13H2,1-3H3,(H2,17,18,19). The third-order valence-corrected chi connectivity index (χ3v) is 5.02. The molecule has 1 rings (SSSR count). The van der Waals surface area contributed by atoms with Gasteiger partial charge >= 0.3 is 0 Å². The Kier molecular flexibility index (Phi) is 8.25. The van der Waals surface area contributed by atoms with Gasteiger partial charge in [0.25, 0.3) is 0 Å². The molecule has 8 heteroatoms. The van der Waals surface area contributed by atoms with E-state index in [1.807, 2.05) is 6.92 Å². The largest absolute Gasteiger partial charge is 0.357 e. The van der Waals surface area contributed by atoms with Gasteiger partial charge in [-0.1, -0.05) is 18.2 Å². The highest BCUT2D eigenvalue weighted by molar-refractivity contribution is 7.91. The second-order valence-corrected chi connectivity index (χ2v) is 7.50. The highest BCUT2D eigenvalue weighted by Gasteiger charge is 2.13. The summed E-state index contributed by atoms with van der Waals surface area (Å²) in [5.41, 5.74) is 0. The summed E-state index contributed by atoms with van der Waals surface area (Å²) < 4.78 is 24.3. The predicted octanol–water partition coefficient (Wildman–Crippen LogP) is 0.494. The molecule has 1 amide bonds. The van der Waals surface area contributed by atoms with Crippen molar-refractivity contribution in [2.45, 2.75) is 18.2 Å². The van der Waals surface area contributed by atoms with Gasteiger partial charge in [0.1, 0.15) is 6.54 Å². The van der Waals surface area contributed by atoms with Crippen LogP contribution in [0.2, 0.25) is 0 Å². The van der Waals surface area contributed by atoms with Crippen LogP contribution < -0.4 is 10.6 Å². The lowest BCUT2D eigenvalue weighted by atomic mass is 10.4. The first kappa shape index (κ1) is 20.0. The molecule has 0 heterocycles. The molecule has 0 spiro atoms. The minimum Gasteiger partial charge on any atom is -0.357 e. The molecule has 0 atom stereocenters. The third kappa shape index (κ3) is 6.99. The van der Waals surface area contributed by atoms with E-state index >= 15 is 0 Å². The molecular formula is C16H26N4O3S. The van der Waals surface area contributed by atoms with Gasteiger partial charge in [0, 0.05) is 27.2 Å². The van der Waals surface area contributed by atoms with E-state index in [4.69, 9.17) is 0 Å². The zero-order chi connectivity index (χ0) is 18.0. The number of carbonyl (C=O) groups excluding carboxylic acids is 1. The molecule has 0 bridgehead atoms. The van der Waals surface area contributed by atoms with Crippen molar-refractivity contribution in [1.82, 2.24) is 15.5 Å². The SMILES string of the molecule is CCNC(=NCC(=O)N(C)C)NCCCS(=O)(=O)c1ccccc1. The normalized spacial score (nSPS) is 11.9. The summed E-state index contributed by atoms with van der Waals surface area (Å²) in [5.74, 6) is 0.462. The number of aliphatic imine (C=N–C) groups is 1. The molecule has 24 heavy (non-hydrogen) atoms. The molecule has 0 radical (unpaired) electrons. The Morgan fingerprint density at radius 3 is 2.42 bits per heavy atom. The van der Waals surface area contributed by atoms with E-state index in [1.54, 1.807) is 44.4 Å². The van der Waals surface area contributed by atoms with E-state index in [9.17, 15) is 13.2 Å². The summed E-state index contributed by atoms with van der Waals surface area (Å²) >= 11 is 0. The van der Waals surface area contributed by atoms with Gasteiger partial charge in [0.2, 0.25) is 5.91 Å². The number of carbonyl (C=O) groups is 1. The van der Waals surface area contributed by atoms with Crippen molar-refractivity contribution < 1.29 is 13.2 Å². The van der Waals surface area contributed by atoms with Gasteiger partial charge < -0.3 is 15.5 Å². The second kappa shape index (κ2) is 9.92. The number of nitrogens with zero attached hydrogens (tertiary/aromatic N) is 2. The lowest BCUT2D eigenvalue weighted by Gasteiger charge is -2.12. The lowest BCUT2D eigenvalue weighted by Crippen LogP contribution is -2.39. The number of guanidine groups is 1. The van der Waals surface area contributed by atoms with Gasteiger partial charge in [-0.15, -0.1) is 0 Å². The second-order valence-electron chi connectivity index (χ2n) is 5.40. The molecule has 0 saturated heterocycles. The Bertz CT molecular complexity index is 643. The minimum absolute atomic E-state index is 0.0463. The average molecular weight is 354 g/mol. The zero-order valence-electron chi connectivity index (χ0n) is 14.4. The molecule has 0 aliphatic heterocycles. The molecular weight excluding hydrogens is 328 g/mol. The monoisotopic (exact) mass is 354 g/mol. The van der Waals surface area contributed by atoms with Crippen LogP contribution in [0.15, 0.2) is 40.2 Å². The van der Waals surface area contributed by atoms with Crippen LogP contribution in [0.1, 0.15) is 13.3 Å². The number of nitrogens with one attached hydrogen (secondary N) is 2. The van der Waals surface area contributed by atoms with E-state index < -0.39 is 9.84 Å². The van der Waals surface area contributed by atoms with Gasteiger partial charge in [-0.3, -0.25) is 4.79 Å². The van der Waals surface area contributed by atoms with Gasteiger partial charge in [-0.25, -0.2) is 13.4 Å². The molecule has 0 unspecified atom stereocenters. The van der Waals surface area contributed by atoms with Gasteiger partial charge in [0.15, 0.2) is 15.8 Å². The van der Waals surface area contributed by atoms with Gasteiger partial charge in [0.05, 0.1) is 10.6 Å². The number of hydrogen-bond donors (Lipinski definition) is 2. The molecule has 0 saturated carbocycles. The van der Waals surface area contributed by atoms with Crippen molar-refractivity contribution in [1.29, 1.82) is 0 Å². The number of sulfone groups is 1. The van der Waals surface area contributed by atoms with E-state index in [0.29, 0.717) is 30.4 Å². The topological polar surface area (TPSA) is 90.9 Å².